The minimum absolute atomic E-state index is 0.503. The minimum atomic E-state index is 0.503. The van der Waals surface area contributed by atoms with Gasteiger partial charge in [0.2, 0.25) is 0 Å². The van der Waals surface area contributed by atoms with Crippen LogP contribution in [-0.4, -0.2) is 39.3 Å². The Hall–Kier alpha value is -0.770. The van der Waals surface area contributed by atoms with Gasteiger partial charge in [-0.2, -0.15) is 0 Å². The van der Waals surface area contributed by atoms with E-state index < -0.39 is 0 Å². The number of ether oxygens (including phenoxy) is 1. The van der Waals surface area contributed by atoms with Gasteiger partial charge >= 0.3 is 0 Å². The van der Waals surface area contributed by atoms with Gasteiger partial charge in [0, 0.05) is 33.4 Å². The molecule has 4 heteroatoms. The Morgan fingerprint density at radius 1 is 1.21 bits per heavy atom. The van der Waals surface area contributed by atoms with Gasteiger partial charge in [-0.25, -0.2) is 0 Å². The van der Waals surface area contributed by atoms with E-state index in [4.69, 9.17) is 4.74 Å². The third-order valence-electron chi connectivity index (χ3n) is 4.23. The first-order chi connectivity index (χ1) is 9.26. The summed E-state index contributed by atoms with van der Waals surface area (Å²) in [5.74, 6) is 0.927. The quantitative estimate of drug-likeness (QED) is 0.404. The van der Waals surface area contributed by atoms with E-state index in [2.05, 4.69) is 22.5 Å². The maximum Gasteiger partial charge on any atom is 0.190 e. The van der Waals surface area contributed by atoms with Gasteiger partial charge in [-0.15, -0.1) is 0 Å². The molecule has 1 rings (SSSR count). The van der Waals surface area contributed by atoms with Crippen molar-refractivity contribution in [3.63, 3.8) is 0 Å². The summed E-state index contributed by atoms with van der Waals surface area (Å²) in [7, 11) is 1.84. The second-order valence-electron chi connectivity index (χ2n) is 5.46. The number of nitrogens with one attached hydrogen (secondary N) is 2. The molecule has 1 aliphatic carbocycles. The second kappa shape index (κ2) is 9.18. The third kappa shape index (κ3) is 5.81. The standard InChI is InChI=1S/C15H31N3O/c1-4-15(9-6-7-10-15)13-18-14(16-3)17-11-8-12-19-5-2/h4-13H2,1-3H3,(H2,16,17,18). The van der Waals surface area contributed by atoms with Crippen LogP contribution in [0.25, 0.3) is 0 Å². The summed E-state index contributed by atoms with van der Waals surface area (Å²) in [5, 5.41) is 6.84. The van der Waals surface area contributed by atoms with Crippen LogP contribution in [-0.2, 0) is 4.74 Å². The zero-order valence-electron chi connectivity index (χ0n) is 12.9. The summed E-state index contributed by atoms with van der Waals surface area (Å²) in [6.07, 6.45) is 7.77. The van der Waals surface area contributed by atoms with E-state index in [9.17, 15) is 0 Å². The highest BCUT2D eigenvalue weighted by Gasteiger charge is 2.31. The molecule has 1 aliphatic rings. The molecule has 0 aliphatic heterocycles. The molecule has 0 radical (unpaired) electrons. The summed E-state index contributed by atoms with van der Waals surface area (Å²) in [5.41, 5.74) is 0.503. The number of guanidine groups is 1. The molecule has 1 fully saturated rings. The van der Waals surface area contributed by atoms with E-state index in [0.717, 1.165) is 38.7 Å². The van der Waals surface area contributed by atoms with Crippen molar-refractivity contribution in [2.45, 2.75) is 52.4 Å². The molecule has 0 aromatic carbocycles. The number of nitrogens with zero attached hydrogens (tertiary/aromatic N) is 1. The van der Waals surface area contributed by atoms with Crippen LogP contribution in [0.2, 0.25) is 0 Å². The molecular weight excluding hydrogens is 238 g/mol. The first-order valence-corrected chi connectivity index (χ1v) is 7.78. The zero-order chi connectivity index (χ0) is 14.0. The summed E-state index contributed by atoms with van der Waals surface area (Å²) < 4.78 is 5.32. The smallest absolute Gasteiger partial charge is 0.190 e. The molecule has 0 heterocycles. The van der Waals surface area contributed by atoms with Crippen LogP contribution in [0.5, 0.6) is 0 Å². The van der Waals surface area contributed by atoms with Gasteiger partial charge in [0.05, 0.1) is 0 Å². The van der Waals surface area contributed by atoms with Crippen LogP contribution in [0.15, 0.2) is 4.99 Å². The van der Waals surface area contributed by atoms with E-state index in [0.29, 0.717) is 5.41 Å². The van der Waals surface area contributed by atoms with Crippen LogP contribution >= 0.6 is 0 Å². The van der Waals surface area contributed by atoms with Crippen LogP contribution in [0.1, 0.15) is 52.4 Å². The van der Waals surface area contributed by atoms with Gasteiger partial charge in [0.1, 0.15) is 0 Å². The predicted octanol–water partition coefficient (Wildman–Crippen LogP) is 2.55. The van der Waals surface area contributed by atoms with Crippen molar-refractivity contribution in [1.82, 2.24) is 10.6 Å². The van der Waals surface area contributed by atoms with E-state index >= 15 is 0 Å². The average molecular weight is 269 g/mol. The normalized spacial score (nSPS) is 18.6. The van der Waals surface area contributed by atoms with E-state index in [1.165, 1.54) is 32.1 Å². The average Bonchev–Trinajstić information content (AvgIpc) is 2.91. The van der Waals surface area contributed by atoms with Crippen molar-refractivity contribution in [1.29, 1.82) is 0 Å². The Bertz CT molecular complexity index is 260. The Morgan fingerprint density at radius 2 is 1.95 bits per heavy atom. The van der Waals surface area contributed by atoms with Crippen LogP contribution < -0.4 is 10.6 Å². The minimum Gasteiger partial charge on any atom is -0.382 e. The molecule has 0 amide bonds. The van der Waals surface area contributed by atoms with Crippen molar-refractivity contribution in [2.24, 2.45) is 10.4 Å². The molecule has 0 saturated heterocycles. The topological polar surface area (TPSA) is 45.6 Å². The molecule has 1 saturated carbocycles. The van der Waals surface area contributed by atoms with Gasteiger partial charge in [-0.05, 0) is 38.0 Å². The van der Waals surface area contributed by atoms with Crippen LogP contribution in [0.3, 0.4) is 0 Å². The SMILES string of the molecule is CCOCCCNC(=NC)NCC1(CC)CCCC1. The monoisotopic (exact) mass is 269 g/mol. The lowest BCUT2D eigenvalue weighted by Gasteiger charge is -2.28. The molecule has 0 aromatic rings. The molecular formula is C15H31N3O. The fraction of sp³-hybridized carbons (Fsp3) is 0.933. The molecule has 4 nitrogen and oxygen atoms in total. The Kier molecular flexibility index (Phi) is 7.87. The number of hydrogen-bond donors (Lipinski definition) is 2. The summed E-state index contributed by atoms with van der Waals surface area (Å²) in [6.45, 7) is 7.92. The Morgan fingerprint density at radius 3 is 2.53 bits per heavy atom. The van der Waals surface area contributed by atoms with Crippen LogP contribution in [0, 0.1) is 5.41 Å². The fourth-order valence-electron chi connectivity index (χ4n) is 2.80. The van der Waals surface area contributed by atoms with Gasteiger partial charge in [-0.1, -0.05) is 19.8 Å². The number of rotatable bonds is 8. The number of hydrogen-bond acceptors (Lipinski definition) is 2. The lowest BCUT2D eigenvalue weighted by molar-refractivity contribution is 0.145. The predicted molar refractivity (Wildman–Crippen MR) is 81.7 cm³/mol. The van der Waals surface area contributed by atoms with Crippen molar-refractivity contribution in [3.8, 4) is 0 Å². The van der Waals surface area contributed by atoms with Crippen molar-refractivity contribution >= 4 is 5.96 Å². The van der Waals surface area contributed by atoms with E-state index in [-0.39, 0.29) is 0 Å². The summed E-state index contributed by atoms with van der Waals surface area (Å²) in [4.78, 5) is 4.29. The molecule has 0 atom stereocenters. The maximum absolute atomic E-state index is 5.32. The van der Waals surface area contributed by atoms with Crippen molar-refractivity contribution in [2.75, 3.05) is 33.4 Å². The Labute approximate surface area is 118 Å². The highest BCUT2D eigenvalue weighted by Crippen LogP contribution is 2.40. The Balaban J connectivity index is 2.21. The first kappa shape index (κ1) is 16.3. The highest BCUT2D eigenvalue weighted by atomic mass is 16.5. The zero-order valence-corrected chi connectivity index (χ0v) is 12.9. The molecule has 0 aromatic heterocycles. The molecule has 0 unspecified atom stereocenters. The van der Waals surface area contributed by atoms with Gasteiger partial charge in [0.15, 0.2) is 5.96 Å². The molecule has 0 spiro atoms. The fourth-order valence-corrected chi connectivity index (χ4v) is 2.80. The van der Waals surface area contributed by atoms with Gasteiger partial charge < -0.3 is 15.4 Å². The molecule has 0 bridgehead atoms. The van der Waals surface area contributed by atoms with Crippen molar-refractivity contribution in [3.05, 3.63) is 0 Å². The second-order valence-corrected chi connectivity index (χ2v) is 5.46. The molecule has 2 N–H and O–H groups in total. The summed E-state index contributed by atoms with van der Waals surface area (Å²) >= 11 is 0. The first-order valence-electron chi connectivity index (χ1n) is 7.78. The van der Waals surface area contributed by atoms with E-state index in [1.807, 2.05) is 14.0 Å². The lowest BCUT2D eigenvalue weighted by Crippen LogP contribution is -2.43. The third-order valence-corrected chi connectivity index (χ3v) is 4.23. The van der Waals surface area contributed by atoms with Gasteiger partial charge in [0.25, 0.3) is 0 Å². The van der Waals surface area contributed by atoms with Crippen molar-refractivity contribution < 1.29 is 4.74 Å². The summed E-state index contributed by atoms with van der Waals surface area (Å²) in [6, 6.07) is 0. The largest absolute Gasteiger partial charge is 0.382 e. The van der Waals surface area contributed by atoms with Crippen LogP contribution in [0.4, 0.5) is 0 Å². The van der Waals surface area contributed by atoms with Gasteiger partial charge in [-0.3, -0.25) is 4.99 Å². The highest BCUT2D eigenvalue weighted by molar-refractivity contribution is 5.79. The lowest BCUT2D eigenvalue weighted by atomic mass is 9.83. The molecule has 112 valence electrons. The van der Waals surface area contributed by atoms with E-state index in [1.54, 1.807) is 0 Å². The maximum atomic E-state index is 5.32. The number of aliphatic imine (C=N–C) groups is 1. The molecule has 19 heavy (non-hydrogen) atoms.